The third-order valence-electron chi connectivity index (χ3n) is 2.02. The van der Waals surface area contributed by atoms with Crippen molar-refractivity contribution in [2.75, 3.05) is 5.32 Å². The van der Waals surface area contributed by atoms with E-state index in [9.17, 15) is 13.6 Å². The lowest BCUT2D eigenvalue weighted by atomic mass is 10.2. The van der Waals surface area contributed by atoms with Crippen LogP contribution in [-0.2, 0) is 0 Å². The smallest absolute Gasteiger partial charge is 0.409 e. The van der Waals surface area contributed by atoms with Crippen LogP contribution in [0, 0.1) is 0 Å². The highest BCUT2D eigenvalue weighted by Gasteiger charge is 2.17. The van der Waals surface area contributed by atoms with Gasteiger partial charge >= 0.3 is 6.09 Å². The van der Waals surface area contributed by atoms with Gasteiger partial charge in [0.25, 0.3) is 6.43 Å². The predicted octanol–water partition coefficient (Wildman–Crippen LogP) is 1.69. The van der Waals surface area contributed by atoms with Crippen molar-refractivity contribution in [1.82, 2.24) is 20.0 Å². The number of nitrogens with zero attached hydrogens (tertiary/aromatic N) is 4. The number of rotatable bonds is 3. The molecule has 0 saturated carbocycles. The molecule has 18 heavy (non-hydrogen) atoms. The molecule has 0 unspecified atom stereocenters. The van der Waals surface area contributed by atoms with Crippen LogP contribution in [0.4, 0.5) is 19.3 Å². The highest BCUT2D eigenvalue weighted by molar-refractivity contribution is 5.82. The minimum absolute atomic E-state index is 0.0401. The third kappa shape index (κ3) is 2.39. The Morgan fingerprint density at radius 2 is 2.28 bits per heavy atom. The van der Waals surface area contributed by atoms with E-state index in [4.69, 9.17) is 5.11 Å². The highest BCUT2D eigenvalue weighted by Crippen LogP contribution is 2.26. The van der Waals surface area contributed by atoms with Crippen molar-refractivity contribution in [3.8, 4) is 5.82 Å². The van der Waals surface area contributed by atoms with Crippen molar-refractivity contribution >= 4 is 11.8 Å². The largest absolute Gasteiger partial charge is 0.465 e. The van der Waals surface area contributed by atoms with E-state index in [0.717, 1.165) is 16.9 Å². The summed E-state index contributed by atoms with van der Waals surface area (Å²) in [5, 5.41) is 17.5. The van der Waals surface area contributed by atoms with E-state index >= 15 is 0 Å². The Hall–Kier alpha value is -2.58. The van der Waals surface area contributed by atoms with E-state index in [1.807, 2.05) is 5.32 Å². The van der Waals surface area contributed by atoms with Gasteiger partial charge in [0.15, 0.2) is 5.82 Å². The molecule has 0 radical (unpaired) electrons. The minimum Gasteiger partial charge on any atom is -0.465 e. The molecule has 1 amide bonds. The number of hydrogen-bond donors (Lipinski definition) is 2. The van der Waals surface area contributed by atoms with Crippen LogP contribution in [-0.4, -0.2) is 31.2 Å². The number of carbonyl (C=O) groups is 1. The third-order valence-corrected chi connectivity index (χ3v) is 2.02. The number of amides is 1. The summed E-state index contributed by atoms with van der Waals surface area (Å²) in [6.45, 7) is 0. The molecule has 2 aromatic heterocycles. The number of hydrogen-bond acceptors (Lipinski definition) is 4. The van der Waals surface area contributed by atoms with Gasteiger partial charge in [0.05, 0.1) is 29.8 Å². The average molecular weight is 255 g/mol. The molecule has 0 aromatic carbocycles. The van der Waals surface area contributed by atoms with Crippen LogP contribution in [0.15, 0.2) is 24.7 Å². The topological polar surface area (TPSA) is 92.9 Å². The quantitative estimate of drug-likeness (QED) is 0.870. The first-order valence-corrected chi connectivity index (χ1v) is 4.72. The lowest BCUT2D eigenvalue weighted by Crippen LogP contribution is -2.10. The van der Waals surface area contributed by atoms with E-state index in [2.05, 4.69) is 15.3 Å². The first-order valence-electron chi connectivity index (χ1n) is 4.72. The molecule has 0 aliphatic heterocycles. The van der Waals surface area contributed by atoms with Gasteiger partial charge in [0, 0.05) is 0 Å². The molecular formula is C9H7F2N5O2. The summed E-state index contributed by atoms with van der Waals surface area (Å²) in [5.74, 6) is -0.0987. The fourth-order valence-corrected chi connectivity index (χ4v) is 1.34. The summed E-state index contributed by atoms with van der Waals surface area (Å²) in [6.07, 6.45) is -0.367. The molecule has 0 spiro atoms. The van der Waals surface area contributed by atoms with E-state index in [-0.39, 0.29) is 11.5 Å². The lowest BCUT2D eigenvalue weighted by molar-refractivity contribution is 0.150. The van der Waals surface area contributed by atoms with Crippen LogP contribution in [0.5, 0.6) is 0 Å². The second kappa shape index (κ2) is 4.73. The number of halogens is 2. The van der Waals surface area contributed by atoms with Crippen LogP contribution in [0.3, 0.4) is 0 Å². The van der Waals surface area contributed by atoms with Crippen LogP contribution in [0.2, 0.25) is 0 Å². The number of alkyl halides is 2. The van der Waals surface area contributed by atoms with Gasteiger partial charge in [0.2, 0.25) is 0 Å². The molecule has 2 rings (SSSR count). The average Bonchev–Trinajstić information content (AvgIpc) is 2.81. The first kappa shape index (κ1) is 11.9. The normalized spacial score (nSPS) is 10.6. The lowest BCUT2D eigenvalue weighted by Gasteiger charge is -2.09. The van der Waals surface area contributed by atoms with Crippen LogP contribution in [0.1, 0.15) is 12.0 Å². The predicted molar refractivity (Wildman–Crippen MR) is 55.8 cm³/mol. The minimum atomic E-state index is -2.81. The van der Waals surface area contributed by atoms with Crippen molar-refractivity contribution in [2.45, 2.75) is 6.43 Å². The molecule has 0 saturated heterocycles. The Bertz CT molecular complexity index is 558. The SMILES string of the molecule is O=C(O)Nc1cnc(-n2ccnn2)c(C(F)F)c1. The van der Waals surface area contributed by atoms with E-state index in [1.165, 1.54) is 12.4 Å². The zero-order chi connectivity index (χ0) is 13.1. The summed E-state index contributed by atoms with van der Waals surface area (Å²) in [5.41, 5.74) is -0.478. The maximum atomic E-state index is 12.9. The molecule has 0 aliphatic rings. The standard InChI is InChI=1S/C9H7F2N5O2/c10-7(11)6-3-5(14-9(17)18)4-12-8(6)16-2-1-13-15-16/h1-4,7,14H,(H,17,18). The number of nitrogens with one attached hydrogen (secondary N) is 1. The summed E-state index contributed by atoms with van der Waals surface area (Å²) in [6, 6.07) is 1.00. The van der Waals surface area contributed by atoms with Gasteiger partial charge in [-0.3, -0.25) is 5.32 Å². The molecular weight excluding hydrogens is 248 g/mol. The number of pyridine rings is 1. The van der Waals surface area contributed by atoms with Gasteiger partial charge in [-0.15, -0.1) is 5.10 Å². The molecule has 9 heteroatoms. The molecule has 2 aromatic rings. The van der Waals surface area contributed by atoms with E-state index in [1.54, 1.807) is 0 Å². The second-order valence-electron chi connectivity index (χ2n) is 3.22. The van der Waals surface area contributed by atoms with Gasteiger partial charge < -0.3 is 5.11 Å². The number of carboxylic acid groups (broad SMARTS) is 1. The molecule has 0 aliphatic carbocycles. The summed E-state index contributed by atoms with van der Waals surface area (Å²) >= 11 is 0. The van der Waals surface area contributed by atoms with Gasteiger partial charge in [-0.1, -0.05) is 5.21 Å². The Kier molecular flexibility index (Phi) is 3.13. The Morgan fingerprint density at radius 1 is 1.50 bits per heavy atom. The molecule has 0 fully saturated rings. The van der Waals surface area contributed by atoms with E-state index < -0.39 is 18.1 Å². The van der Waals surface area contributed by atoms with Crippen LogP contribution < -0.4 is 5.32 Å². The summed E-state index contributed by atoms with van der Waals surface area (Å²) in [4.78, 5) is 14.2. The molecule has 94 valence electrons. The first-order chi connectivity index (χ1) is 8.58. The summed E-state index contributed by atoms with van der Waals surface area (Å²) in [7, 11) is 0. The van der Waals surface area contributed by atoms with Crippen molar-refractivity contribution in [3.05, 3.63) is 30.2 Å². The Balaban J connectivity index is 2.45. The van der Waals surface area contributed by atoms with Crippen LogP contribution in [0.25, 0.3) is 5.82 Å². The molecule has 2 N–H and O–H groups in total. The highest BCUT2D eigenvalue weighted by atomic mass is 19.3. The Morgan fingerprint density at radius 3 is 2.83 bits per heavy atom. The summed E-state index contributed by atoms with van der Waals surface area (Å²) < 4.78 is 26.8. The second-order valence-corrected chi connectivity index (χ2v) is 3.22. The molecule has 7 nitrogen and oxygen atoms in total. The number of aromatic nitrogens is 4. The van der Waals surface area contributed by atoms with Gasteiger partial charge in [-0.05, 0) is 6.07 Å². The van der Waals surface area contributed by atoms with Crippen molar-refractivity contribution < 1.29 is 18.7 Å². The fraction of sp³-hybridized carbons (Fsp3) is 0.111. The number of anilines is 1. The Labute approximate surface area is 99.1 Å². The van der Waals surface area contributed by atoms with Crippen molar-refractivity contribution in [3.63, 3.8) is 0 Å². The van der Waals surface area contributed by atoms with Gasteiger partial charge in [-0.25, -0.2) is 23.2 Å². The van der Waals surface area contributed by atoms with Crippen molar-refractivity contribution in [2.24, 2.45) is 0 Å². The zero-order valence-electron chi connectivity index (χ0n) is 8.79. The van der Waals surface area contributed by atoms with Crippen molar-refractivity contribution in [1.29, 1.82) is 0 Å². The zero-order valence-corrected chi connectivity index (χ0v) is 8.79. The van der Waals surface area contributed by atoms with E-state index in [0.29, 0.717) is 0 Å². The maximum Gasteiger partial charge on any atom is 0.409 e. The molecule has 0 atom stereocenters. The monoisotopic (exact) mass is 255 g/mol. The van der Waals surface area contributed by atoms with Gasteiger partial charge in [0.1, 0.15) is 0 Å². The molecule has 2 heterocycles. The maximum absolute atomic E-state index is 12.9. The van der Waals surface area contributed by atoms with Crippen LogP contribution >= 0.6 is 0 Å². The molecule has 0 bridgehead atoms. The fourth-order valence-electron chi connectivity index (χ4n) is 1.34. The van der Waals surface area contributed by atoms with Gasteiger partial charge in [-0.2, -0.15) is 0 Å².